The van der Waals surface area contributed by atoms with Gasteiger partial charge in [0, 0.05) is 30.8 Å². The van der Waals surface area contributed by atoms with Gasteiger partial charge in [-0.2, -0.15) is 0 Å². The van der Waals surface area contributed by atoms with Crippen molar-refractivity contribution in [1.29, 1.82) is 0 Å². The molecule has 0 aromatic carbocycles. The summed E-state index contributed by atoms with van der Waals surface area (Å²) in [5.41, 5.74) is 1.07. The lowest BCUT2D eigenvalue weighted by atomic mass is 9.83. The molecule has 1 aromatic rings. The second-order valence-electron chi connectivity index (χ2n) is 6.35. The summed E-state index contributed by atoms with van der Waals surface area (Å²) in [6, 6.07) is 2.02. The van der Waals surface area contributed by atoms with Crippen molar-refractivity contribution < 1.29 is 13.6 Å². The van der Waals surface area contributed by atoms with Crippen LogP contribution in [0.25, 0.3) is 0 Å². The van der Waals surface area contributed by atoms with E-state index in [0.29, 0.717) is 12.5 Å². The largest absolute Gasteiger partial charge is 0.356 e. The van der Waals surface area contributed by atoms with E-state index in [1.54, 1.807) is 6.33 Å². The van der Waals surface area contributed by atoms with Crippen molar-refractivity contribution in [2.75, 3.05) is 24.5 Å². The smallest absolute Gasteiger partial charge is 0.255 e. The minimum atomic E-state index is -2.51. The summed E-state index contributed by atoms with van der Waals surface area (Å²) in [6.07, 6.45) is 4.26. The molecule has 5 nitrogen and oxygen atoms in total. The first kappa shape index (κ1) is 16.1. The average Bonchev–Trinajstić information content (AvgIpc) is 2.51. The van der Waals surface area contributed by atoms with Gasteiger partial charge in [-0.25, -0.2) is 18.7 Å². The Labute approximate surface area is 134 Å². The highest BCUT2D eigenvalue weighted by Crippen LogP contribution is 2.36. The third-order valence-corrected chi connectivity index (χ3v) is 4.74. The number of amides is 1. The molecular formula is C16H22F2N4O. The second kappa shape index (κ2) is 7.19. The van der Waals surface area contributed by atoms with Gasteiger partial charge in [0.1, 0.15) is 12.1 Å². The SMILES string of the molecule is O=C(NCC(F)F)C1CCCN(c2cc(C3CCC3)ncn2)C1. The Bertz CT molecular complexity index is 551. The Morgan fingerprint density at radius 3 is 2.83 bits per heavy atom. The molecule has 1 N–H and O–H groups in total. The molecule has 1 aromatic heterocycles. The quantitative estimate of drug-likeness (QED) is 0.903. The Morgan fingerprint density at radius 1 is 1.30 bits per heavy atom. The van der Waals surface area contributed by atoms with Crippen LogP contribution in [0.15, 0.2) is 12.4 Å². The topological polar surface area (TPSA) is 58.1 Å². The maximum Gasteiger partial charge on any atom is 0.255 e. The second-order valence-corrected chi connectivity index (χ2v) is 6.35. The maximum absolute atomic E-state index is 12.2. The van der Waals surface area contributed by atoms with Gasteiger partial charge in [0.15, 0.2) is 0 Å². The molecule has 0 bridgehead atoms. The predicted molar refractivity (Wildman–Crippen MR) is 82.6 cm³/mol. The Kier molecular flexibility index (Phi) is 5.03. The highest BCUT2D eigenvalue weighted by atomic mass is 19.3. The zero-order valence-electron chi connectivity index (χ0n) is 13.0. The molecule has 0 spiro atoms. The van der Waals surface area contributed by atoms with Gasteiger partial charge >= 0.3 is 0 Å². The summed E-state index contributed by atoms with van der Waals surface area (Å²) >= 11 is 0. The van der Waals surface area contributed by atoms with Crippen molar-refractivity contribution in [2.24, 2.45) is 5.92 Å². The van der Waals surface area contributed by atoms with E-state index in [0.717, 1.165) is 30.9 Å². The van der Waals surface area contributed by atoms with Crippen LogP contribution < -0.4 is 10.2 Å². The number of anilines is 1. The van der Waals surface area contributed by atoms with Crippen molar-refractivity contribution in [1.82, 2.24) is 15.3 Å². The fraction of sp³-hybridized carbons (Fsp3) is 0.688. The lowest BCUT2D eigenvalue weighted by molar-refractivity contribution is -0.125. The molecular weight excluding hydrogens is 302 g/mol. The molecule has 2 fully saturated rings. The molecule has 1 amide bonds. The van der Waals surface area contributed by atoms with Gasteiger partial charge in [0.05, 0.1) is 12.5 Å². The number of aromatic nitrogens is 2. The molecule has 1 aliphatic carbocycles. The van der Waals surface area contributed by atoms with E-state index in [9.17, 15) is 13.6 Å². The number of nitrogens with one attached hydrogen (secondary N) is 1. The molecule has 2 aliphatic rings. The summed E-state index contributed by atoms with van der Waals surface area (Å²) < 4.78 is 24.4. The Balaban J connectivity index is 1.62. The zero-order valence-corrected chi connectivity index (χ0v) is 13.0. The van der Waals surface area contributed by atoms with E-state index in [1.165, 1.54) is 19.3 Å². The number of hydrogen-bond donors (Lipinski definition) is 1. The fourth-order valence-corrected chi connectivity index (χ4v) is 3.18. The third kappa shape index (κ3) is 3.95. The monoisotopic (exact) mass is 324 g/mol. The van der Waals surface area contributed by atoms with E-state index in [1.807, 2.05) is 6.07 Å². The van der Waals surface area contributed by atoms with Crippen molar-refractivity contribution in [3.63, 3.8) is 0 Å². The van der Waals surface area contributed by atoms with Gasteiger partial charge < -0.3 is 10.2 Å². The summed E-state index contributed by atoms with van der Waals surface area (Å²) in [7, 11) is 0. The number of alkyl halides is 2. The number of carbonyl (C=O) groups excluding carboxylic acids is 1. The van der Waals surface area contributed by atoms with E-state index < -0.39 is 13.0 Å². The number of hydrogen-bond acceptors (Lipinski definition) is 4. The molecule has 0 radical (unpaired) electrons. The van der Waals surface area contributed by atoms with Crippen LogP contribution in [0.4, 0.5) is 14.6 Å². The van der Waals surface area contributed by atoms with Crippen LogP contribution in [0.2, 0.25) is 0 Å². The Hall–Kier alpha value is -1.79. The fourth-order valence-electron chi connectivity index (χ4n) is 3.18. The van der Waals surface area contributed by atoms with Crippen LogP contribution in [-0.4, -0.2) is 41.9 Å². The molecule has 7 heteroatoms. The number of carbonyl (C=O) groups is 1. The summed E-state index contributed by atoms with van der Waals surface area (Å²) in [6.45, 7) is 0.782. The lowest BCUT2D eigenvalue weighted by Gasteiger charge is -2.33. The standard InChI is InChI=1S/C16H22F2N4O/c17-14(18)8-19-16(23)12-5-2-6-22(9-12)15-7-13(20-10-21-15)11-3-1-4-11/h7,10-12,14H,1-6,8-9H2,(H,19,23). The maximum atomic E-state index is 12.2. The summed E-state index contributed by atoms with van der Waals surface area (Å²) in [5, 5.41) is 2.32. The van der Waals surface area contributed by atoms with Crippen LogP contribution in [0.5, 0.6) is 0 Å². The van der Waals surface area contributed by atoms with Crippen molar-refractivity contribution in [2.45, 2.75) is 44.4 Å². The molecule has 1 saturated carbocycles. The van der Waals surface area contributed by atoms with Gasteiger partial charge in [-0.05, 0) is 25.7 Å². The van der Waals surface area contributed by atoms with E-state index >= 15 is 0 Å². The van der Waals surface area contributed by atoms with Crippen LogP contribution in [0.1, 0.15) is 43.7 Å². The minimum absolute atomic E-state index is 0.260. The van der Waals surface area contributed by atoms with E-state index in [-0.39, 0.29) is 11.8 Å². The van der Waals surface area contributed by atoms with E-state index in [2.05, 4.69) is 20.2 Å². The number of piperidine rings is 1. The zero-order chi connectivity index (χ0) is 16.2. The van der Waals surface area contributed by atoms with Crippen LogP contribution in [0.3, 0.4) is 0 Å². The highest BCUT2D eigenvalue weighted by molar-refractivity contribution is 5.79. The van der Waals surface area contributed by atoms with Crippen LogP contribution >= 0.6 is 0 Å². The van der Waals surface area contributed by atoms with Crippen molar-refractivity contribution in [3.05, 3.63) is 18.1 Å². The van der Waals surface area contributed by atoms with Gasteiger partial charge in [0.25, 0.3) is 6.43 Å². The molecule has 126 valence electrons. The molecule has 1 unspecified atom stereocenters. The highest BCUT2D eigenvalue weighted by Gasteiger charge is 2.28. The van der Waals surface area contributed by atoms with Crippen LogP contribution in [-0.2, 0) is 4.79 Å². The summed E-state index contributed by atoms with van der Waals surface area (Å²) in [5.74, 6) is 0.827. The lowest BCUT2D eigenvalue weighted by Crippen LogP contribution is -2.44. The van der Waals surface area contributed by atoms with Gasteiger partial charge in [0.2, 0.25) is 5.91 Å². The molecule has 3 rings (SSSR count). The van der Waals surface area contributed by atoms with Crippen molar-refractivity contribution >= 4 is 11.7 Å². The molecule has 1 atom stereocenters. The molecule has 23 heavy (non-hydrogen) atoms. The first-order valence-corrected chi connectivity index (χ1v) is 8.26. The normalized spacial score (nSPS) is 22.0. The van der Waals surface area contributed by atoms with Gasteiger partial charge in [-0.1, -0.05) is 6.42 Å². The number of nitrogens with zero attached hydrogens (tertiary/aromatic N) is 3. The van der Waals surface area contributed by atoms with Gasteiger partial charge in [-0.15, -0.1) is 0 Å². The van der Waals surface area contributed by atoms with Crippen molar-refractivity contribution in [3.8, 4) is 0 Å². The first-order chi connectivity index (χ1) is 11.1. The summed E-state index contributed by atoms with van der Waals surface area (Å²) in [4.78, 5) is 22.8. The third-order valence-electron chi connectivity index (χ3n) is 4.74. The molecule has 2 heterocycles. The predicted octanol–water partition coefficient (Wildman–Crippen LogP) is 2.34. The van der Waals surface area contributed by atoms with Gasteiger partial charge in [-0.3, -0.25) is 4.79 Å². The van der Waals surface area contributed by atoms with Crippen LogP contribution in [0, 0.1) is 5.92 Å². The van der Waals surface area contributed by atoms with E-state index in [4.69, 9.17) is 0 Å². The number of rotatable bonds is 5. The minimum Gasteiger partial charge on any atom is -0.356 e. The first-order valence-electron chi connectivity index (χ1n) is 8.26. The number of halogens is 2. The molecule has 1 aliphatic heterocycles. The molecule has 1 saturated heterocycles. The average molecular weight is 324 g/mol. The Morgan fingerprint density at radius 2 is 2.13 bits per heavy atom.